The fraction of sp³-hybridized carbons (Fsp3) is 0.417. The van der Waals surface area contributed by atoms with Gasteiger partial charge in [-0.25, -0.2) is 4.79 Å². The molecular formula is C12H18O2. The second-order valence-corrected chi connectivity index (χ2v) is 3.19. The summed E-state index contributed by atoms with van der Waals surface area (Å²) in [5, 5.41) is 8.96. The van der Waals surface area contributed by atoms with Crippen LogP contribution >= 0.6 is 0 Å². The van der Waals surface area contributed by atoms with Gasteiger partial charge in [-0.05, 0) is 38.8 Å². The van der Waals surface area contributed by atoms with Gasteiger partial charge in [0.05, 0.1) is 5.57 Å². The van der Waals surface area contributed by atoms with Crippen molar-refractivity contribution in [2.24, 2.45) is 0 Å². The third kappa shape index (κ3) is 4.08. The first-order valence-corrected chi connectivity index (χ1v) is 4.78. The predicted molar refractivity (Wildman–Crippen MR) is 59.2 cm³/mol. The van der Waals surface area contributed by atoms with Crippen LogP contribution in [0.2, 0.25) is 0 Å². The maximum absolute atomic E-state index is 10.9. The van der Waals surface area contributed by atoms with Crippen molar-refractivity contribution in [2.75, 3.05) is 0 Å². The van der Waals surface area contributed by atoms with Gasteiger partial charge in [-0.1, -0.05) is 24.6 Å². The number of carboxylic acids is 1. The zero-order valence-electron chi connectivity index (χ0n) is 9.29. The average Bonchev–Trinajstić information content (AvgIpc) is 2.13. The molecule has 0 aliphatic rings. The molecule has 0 spiro atoms. The summed E-state index contributed by atoms with van der Waals surface area (Å²) in [7, 11) is 0. The Bertz CT molecular complexity index is 293. The highest BCUT2D eigenvalue weighted by Crippen LogP contribution is 2.12. The Balaban J connectivity index is 5.02. The minimum absolute atomic E-state index is 0.370. The van der Waals surface area contributed by atoms with Gasteiger partial charge >= 0.3 is 5.97 Å². The number of hydrogen-bond donors (Lipinski definition) is 1. The van der Waals surface area contributed by atoms with Gasteiger partial charge in [-0.15, -0.1) is 0 Å². The summed E-state index contributed by atoms with van der Waals surface area (Å²) in [5.41, 5.74) is 2.15. The van der Waals surface area contributed by atoms with Crippen molar-refractivity contribution in [3.8, 4) is 0 Å². The summed E-state index contributed by atoms with van der Waals surface area (Å²) < 4.78 is 0. The lowest BCUT2D eigenvalue weighted by molar-refractivity contribution is -0.132. The van der Waals surface area contributed by atoms with Crippen LogP contribution < -0.4 is 0 Å². The second kappa shape index (κ2) is 6.19. The normalized spacial score (nSPS) is 14.4. The molecule has 2 nitrogen and oxygen atoms in total. The Morgan fingerprint density at radius 1 is 1.36 bits per heavy atom. The quantitative estimate of drug-likeness (QED) is 0.550. The number of carboxylic acid groups (broad SMARTS) is 1. The first kappa shape index (κ1) is 12.7. The van der Waals surface area contributed by atoms with Gasteiger partial charge < -0.3 is 5.11 Å². The third-order valence-electron chi connectivity index (χ3n) is 1.99. The molecule has 0 heterocycles. The molecule has 14 heavy (non-hydrogen) atoms. The van der Waals surface area contributed by atoms with Gasteiger partial charge in [0.1, 0.15) is 0 Å². The summed E-state index contributed by atoms with van der Waals surface area (Å²) in [6.45, 7) is 7.58. The number of rotatable bonds is 4. The molecule has 0 aromatic heterocycles. The molecule has 0 rings (SSSR count). The molecule has 0 aromatic rings. The minimum Gasteiger partial charge on any atom is -0.478 e. The summed E-state index contributed by atoms with van der Waals surface area (Å²) in [6.07, 6.45) is 6.44. The van der Waals surface area contributed by atoms with Gasteiger partial charge in [-0.3, -0.25) is 0 Å². The van der Waals surface area contributed by atoms with E-state index in [1.54, 1.807) is 19.1 Å². The van der Waals surface area contributed by atoms with E-state index in [0.717, 1.165) is 17.6 Å². The lowest BCUT2D eigenvalue weighted by Gasteiger charge is -2.02. The molecule has 78 valence electrons. The predicted octanol–water partition coefficient (Wildman–Crippen LogP) is 3.32. The van der Waals surface area contributed by atoms with Crippen molar-refractivity contribution in [3.63, 3.8) is 0 Å². The summed E-state index contributed by atoms with van der Waals surface area (Å²) in [4.78, 5) is 10.9. The second-order valence-electron chi connectivity index (χ2n) is 3.19. The Morgan fingerprint density at radius 3 is 2.29 bits per heavy atom. The molecular weight excluding hydrogens is 176 g/mol. The topological polar surface area (TPSA) is 37.3 Å². The molecule has 2 heteroatoms. The van der Waals surface area contributed by atoms with Crippen LogP contribution in [0.4, 0.5) is 0 Å². The average molecular weight is 194 g/mol. The number of allylic oxidation sites excluding steroid dienone is 4. The fourth-order valence-electron chi connectivity index (χ4n) is 1.11. The van der Waals surface area contributed by atoms with Crippen molar-refractivity contribution in [1.29, 1.82) is 0 Å². The van der Waals surface area contributed by atoms with E-state index < -0.39 is 5.97 Å². The lowest BCUT2D eigenvalue weighted by Crippen LogP contribution is -2.02. The molecule has 1 N–H and O–H groups in total. The third-order valence-corrected chi connectivity index (χ3v) is 1.99. The zero-order chi connectivity index (χ0) is 11.1. The van der Waals surface area contributed by atoms with Gasteiger partial charge in [-0.2, -0.15) is 0 Å². The highest BCUT2D eigenvalue weighted by molar-refractivity contribution is 5.92. The molecule has 0 atom stereocenters. The smallest absolute Gasteiger partial charge is 0.335 e. The van der Waals surface area contributed by atoms with Gasteiger partial charge in [0.25, 0.3) is 0 Å². The molecule has 0 aliphatic heterocycles. The van der Waals surface area contributed by atoms with E-state index in [9.17, 15) is 4.79 Å². The number of aliphatic carboxylic acids is 1. The maximum atomic E-state index is 10.9. The standard InChI is InChI=1S/C12H18O2/c1-5-7-9(3)8-11(12(13)14)10(4)6-2/h6-8H,5H2,1-4H3,(H,13,14)/b9-7+,10-6-,11-8+. The van der Waals surface area contributed by atoms with Crippen LogP contribution in [-0.4, -0.2) is 11.1 Å². The molecule has 0 aromatic carbocycles. The Kier molecular flexibility index (Phi) is 5.61. The van der Waals surface area contributed by atoms with E-state index in [4.69, 9.17) is 5.11 Å². The summed E-state index contributed by atoms with van der Waals surface area (Å²) in [5.74, 6) is -0.871. The van der Waals surface area contributed by atoms with Crippen LogP contribution in [0.5, 0.6) is 0 Å². The van der Waals surface area contributed by atoms with Crippen LogP contribution in [0.1, 0.15) is 34.1 Å². The minimum atomic E-state index is -0.871. The van der Waals surface area contributed by atoms with Crippen molar-refractivity contribution in [2.45, 2.75) is 34.1 Å². The molecule has 0 saturated heterocycles. The van der Waals surface area contributed by atoms with Crippen LogP contribution in [0.25, 0.3) is 0 Å². The summed E-state index contributed by atoms with van der Waals surface area (Å²) in [6, 6.07) is 0. The van der Waals surface area contributed by atoms with E-state index in [0.29, 0.717) is 5.57 Å². The van der Waals surface area contributed by atoms with E-state index in [1.165, 1.54) is 0 Å². The molecule has 0 unspecified atom stereocenters. The number of hydrogen-bond acceptors (Lipinski definition) is 1. The Hall–Kier alpha value is -1.31. The Labute approximate surface area is 85.6 Å². The molecule has 0 bridgehead atoms. The van der Waals surface area contributed by atoms with Crippen LogP contribution in [-0.2, 0) is 4.79 Å². The molecule has 0 amide bonds. The SMILES string of the molecule is C\C=C(C)/C(=C\C(C)=C\CC)C(=O)O. The maximum Gasteiger partial charge on any atom is 0.335 e. The van der Waals surface area contributed by atoms with Crippen molar-refractivity contribution < 1.29 is 9.90 Å². The van der Waals surface area contributed by atoms with Crippen molar-refractivity contribution in [1.82, 2.24) is 0 Å². The van der Waals surface area contributed by atoms with Gasteiger partial charge in [0.15, 0.2) is 0 Å². The Morgan fingerprint density at radius 2 is 1.93 bits per heavy atom. The monoisotopic (exact) mass is 194 g/mol. The van der Waals surface area contributed by atoms with Crippen LogP contribution in [0.15, 0.2) is 34.9 Å². The van der Waals surface area contributed by atoms with Crippen molar-refractivity contribution >= 4 is 5.97 Å². The lowest BCUT2D eigenvalue weighted by atomic mass is 10.0. The van der Waals surface area contributed by atoms with E-state index in [1.807, 2.05) is 26.8 Å². The van der Waals surface area contributed by atoms with E-state index in [2.05, 4.69) is 0 Å². The van der Waals surface area contributed by atoms with Gasteiger partial charge in [0.2, 0.25) is 0 Å². The van der Waals surface area contributed by atoms with Crippen LogP contribution in [0.3, 0.4) is 0 Å². The molecule has 0 aliphatic carbocycles. The van der Waals surface area contributed by atoms with Gasteiger partial charge in [0, 0.05) is 0 Å². The molecule has 0 fully saturated rings. The summed E-state index contributed by atoms with van der Waals surface area (Å²) >= 11 is 0. The van der Waals surface area contributed by atoms with E-state index in [-0.39, 0.29) is 0 Å². The first-order chi connectivity index (χ1) is 6.52. The highest BCUT2D eigenvalue weighted by Gasteiger charge is 2.07. The largest absolute Gasteiger partial charge is 0.478 e. The molecule has 0 radical (unpaired) electrons. The highest BCUT2D eigenvalue weighted by atomic mass is 16.4. The van der Waals surface area contributed by atoms with E-state index >= 15 is 0 Å². The fourth-order valence-corrected chi connectivity index (χ4v) is 1.11. The zero-order valence-corrected chi connectivity index (χ0v) is 9.29. The first-order valence-electron chi connectivity index (χ1n) is 4.78. The van der Waals surface area contributed by atoms with Crippen molar-refractivity contribution in [3.05, 3.63) is 34.9 Å². The number of carbonyl (C=O) groups is 1. The van der Waals surface area contributed by atoms with Crippen LogP contribution in [0, 0.1) is 0 Å². The molecule has 0 saturated carbocycles.